The van der Waals surface area contributed by atoms with Crippen molar-refractivity contribution in [1.82, 2.24) is 25.1 Å². The Morgan fingerprint density at radius 2 is 1.71 bits per heavy atom. The third kappa shape index (κ3) is 8.86. The summed E-state index contributed by atoms with van der Waals surface area (Å²) in [5.41, 5.74) is 3.71. The first-order chi connectivity index (χ1) is 22.3. The Morgan fingerprint density at radius 1 is 1.10 bits per heavy atom. The third-order valence-electron chi connectivity index (χ3n) is 7.80. The van der Waals surface area contributed by atoms with E-state index in [0.29, 0.717) is 22.2 Å². The summed E-state index contributed by atoms with van der Waals surface area (Å²) in [6, 6.07) is 13.7. The maximum atomic E-state index is 13.1. The quantitative estimate of drug-likeness (QED) is 0.161. The van der Waals surface area contributed by atoms with Gasteiger partial charge >= 0.3 is 0 Å². The van der Waals surface area contributed by atoms with E-state index < -0.39 is 17.4 Å². The van der Waals surface area contributed by atoms with Gasteiger partial charge in [-0.1, -0.05) is 83.6 Å². The Hall–Kier alpha value is -3.68. The number of carbonyl (C=O) groups is 2. The number of amides is 1. The summed E-state index contributed by atoms with van der Waals surface area (Å²) in [6.45, 7) is 13.3. The molecule has 0 spiro atoms. The van der Waals surface area contributed by atoms with Crippen molar-refractivity contribution in [3.63, 3.8) is 0 Å². The van der Waals surface area contributed by atoms with E-state index in [1.54, 1.807) is 13.3 Å². The smallest absolute Gasteiger partial charge is 0.255 e. The highest BCUT2D eigenvalue weighted by Gasteiger charge is 2.52. The van der Waals surface area contributed by atoms with Crippen LogP contribution in [0.15, 0.2) is 63.9 Å². The number of hydrogen-bond acceptors (Lipinski definition) is 10. The molecule has 3 aromatic rings. The zero-order chi connectivity index (χ0) is 35.6. The highest BCUT2D eigenvalue weighted by molar-refractivity contribution is 8.01. The number of aryl methyl sites for hydroxylation is 1. The van der Waals surface area contributed by atoms with Crippen LogP contribution in [0, 0.1) is 0 Å². The second-order valence-electron chi connectivity index (χ2n) is 15.1. The van der Waals surface area contributed by atoms with E-state index in [1.807, 2.05) is 53.7 Å². The van der Waals surface area contributed by atoms with E-state index >= 15 is 0 Å². The van der Waals surface area contributed by atoms with Crippen molar-refractivity contribution in [3.05, 3.63) is 76.0 Å². The van der Waals surface area contributed by atoms with Gasteiger partial charge in [-0.25, -0.2) is 4.68 Å². The average Bonchev–Trinajstić information content (AvgIpc) is 3.39. The van der Waals surface area contributed by atoms with Crippen LogP contribution in [-0.4, -0.2) is 96.9 Å². The number of hydrogen-bond donors (Lipinski definition) is 1. The third-order valence-corrected chi connectivity index (χ3v) is 10.2. The predicted molar refractivity (Wildman–Crippen MR) is 190 cm³/mol. The first-order valence-corrected chi connectivity index (χ1v) is 17.8. The van der Waals surface area contributed by atoms with E-state index in [-0.39, 0.29) is 28.2 Å². The molecule has 13 heteroatoms. The van der Waals surface area contributed by atoms with Crippen LogP contribution < -0.4 is 5.11 Å². The van der Waals surface area contributed by atoms with Crippen molar-refractivity contribution in [2.24, 2.45) is 12.0 Å². The number of rotatable bonds is 8. The van der Waals surface area contributed by atoms with Gasteiger partial charge in [-0.15, -0.1) is 16.9 Å². The van der Waals surface area contributed by atoms with Gasteiger partial charge in [0.2, 0.25) is 5.16 Å². The van der Waals surface area contributed by atoms with Gasteiger partial charge in [-0.05, 0) is 44.5 Å². The normalized spacial score (nSPS) is 18.4. The molecule has 2 aliphatic rings. The largest absolute Gasteiger partial charge is 0.543 e. The monoisotopic (exact) mass is 693 g/mol. The van der Waals surface area contributed by atoms with Crippen LogP contribution in [0.1, 0.15) is 63.8 Å². The number of aromatic hydroxyl groups is 1. The molecule has 3 heterocycles. The lowest BCUT2D eigenvalue weighted by Gasteiger charge is -2.49. The van der Waals surface area contributed by atoms with E-state index in [9.17, 15) is 19.8 Å². The molecule has 1 aromatic heterocycles. The van der Waals surface area contributed by atoms with Crippen LogP contribution >= 0.6 is 23.5 Å². The molecule has 2 atom stereocenters. The first kappa shape index (κ1) is 37.1. The standard InChI is InChI=1S/C25H32N6O4S2.C10H16N/c1-24(2,3)15-8-13(9-16(19(15)32)25(4,5)6)10-26-17-20(33)31-18(22(34)35)14(11-36-21(17)31)12-37-23-27-28-29-30(23)7;1-11(2,3)9-10-7-5-4-6-8-10/h8-10,17,21,32H,11-12H2,1-7H3,(H,34,35);4-8H,9H2,1-3H3/q;+1/p-1/b26-10+;/t17-,21-;/m1./s1. The Labute approximate surface area is 292 Å². The minimum Gasteiger partial charge on any atom is -0.543 e. The molecule has 0 radical (unpaired) electrons. The van der Waals surface area contributed by atoms with E-state index in [4.69, 9.17) is 0 Å². The summed E-state index contributed by atoms with van der Waals surface area (Å²) in [5.74, 6) is -0.716. The van der Waals surface area contributed by atoms with Crippen LogP contribution in [-0.2, 0) is 34.0 Å². The molecule has 0 aliphatic carbocycles. The van der Waals surface area contributed by atoms with Gasteiger partial charge in [-0.3, -0.25) is 14.7 Å². The van der Waals surface area contributed by atoms with Gasteiger partial charge in [0.1, 0.15) is 17.7 Å². The fourth-order valence-corrected chi connectivity index (χ4v) is 7.76. The van der Waals surface area contributed by atoms with Gasteiger partial charge in [0.25, 0.3) is 5.91 Å². The molecule has 1 amide bonds. The molecule has 11 nitrogen and oxygen atoms in total. The highest BCUT2D eigenvalue weighted by atomic mass is 32.2. The second-order valence-corrected chi connectivity index (χ2v) is 17.2. The van der Waals surface area contributed by atoms with Crippen molar-refractivity contribution in [2.75, 3.05) is 32.6 Å². The summed E-state index contributed by atoms with van der Waals surface area (Å²) in [4.78, 5) is 30.9. The molecular formula is C35H47N7O4S2. The molecule has 258 valence electrons. The number of quaternary nitrogens is 1. The molecule has 0 unspecified atom stereocenters. The fraction of sp³-hybridized carbons (Fsp3) is 0.486. The van der Waals surface area contributed by atoms with Crippen molar-refractivity contribution >= 4 is 41.6 Å². The Bertz CT molecular complexity index is 1660. The minimum absolute atomic E-state index is 0.0856. The highest BCUT2D eigenvalue weighted by Crippen LogP contribution is 2.43. The number of phenolic OH excluding ortho intramolecular Hbond substituents is 1. The van der Waals surface area contributed by atoms with Crippen LogP contribution in [0.4, 0.5) is 0 Å². The number of aliphatic imine (C=N–C) groups is 1. The number of carboxylic acids is 1. The molecule has 2 aliphatic heterocycles. The van der Waals surface area contributed by atoms with Gasteiger partial charge in [0.15, 0.2) is 6.04 Å². The molecule has 1 fully saturated rings. The topological polar surface area (TPSA) is 137 Å². The Kier molecular flexibility index (Phi) is 11.2. The molecule has 1 N–H and O–H groups in total. The van der Waals surface area contributed by atoms with Crippen molar-refractivity contribution in [2.45, 2.75) is 75.5 Å². The lowest BCUT2D eigenvalue weighted by molar-refractivity contribution is -0.884. The summed E-state index contributed by atoms with van der Waals surface area (Å²) in [5, 5.41) is 34.4. The number of β-lactam (4-membered cyclic amide) rings is 1. The number of nitrogens with zero attached hydrogens (tertiary/aromatic N) is 7. The number of aromatic nitrogens is 4. The SMILES string of the molecule is C[N+](C)(C)Cc1ccccc1.Cn1nnnc1SCC1=C(C(=O)[O-])N2C(=O)[C@@H](/N=C/c3cc(C(C)(C)C)c(O)c(C(C)(C)C)c3)[C@H]2SC1. The van der Waals surface area contributed by atoms with Crippen molar-refractivity contribution < 1.29 is 24.3 Å². The number of carboxylic acid groups (broad SMARTS) is 1. The number of thioether (sulfide) groups is 2. The molecule has 0 saturated carbocycles. The van der Waals surface area contributed by atoms with Crippen molar-refractivity contribution in [3.8, 4) is 5.75 Å². The number of benzene rings is 2. The zero-order valence-corrected chi connectivity index (χ0v) is 31.1. The number of tetrazole rings is 1. The molecular weight excluding hydrogens is 647 g/mol. The van der Waals surface area contributed by atoms with Crippen LogP contribution in [0.3, 0.4) is 0 Å². The number of carbonyl (C=O) groups excluding carboxylic acids is 2. The van der Waals surface area contributed by atoms with Gasteiger partial charge in [0, 0.05) is 41.5 Å². The molecule has 0 bridgehead atoms. The summed E-state index contributed by atoms with van der Waals surface area (Å²) < 4.78 is 2.49. The number of phenols is 1. The van der Waals surface area contributed by atoms with E-state index in [1.165, 1.54) is 38.7 Å². The van der Waals surface area contributed by atoms with Crippen LogP contribution in [0.5, 0.6) is 5.75 Å². The summed E-state index contributed by atoms with van der Waals surface area (Å²) >= 11 is 2.78. The van der Waals surface area contributed by atoms with Crippen LogP contribution in [0.2, 0.25) is 0 Å². The second kappa shape index (κ2) is 14.4. The van der Waals surface area contributed by atoms with Gasteiger partial charge < -0.3 is 19.5 Å². The average molecular weight is 694 g/mol. The Morgan fingerprint density at radius 3 is 2.21 bits per heavy atom. The number of fused-ring (bicyclic) bond motifs is 1. The maximum absolute atomic E-state index is 13.1. The minimum atomic E-state index is -1.38. The van der Waals surface area contributed by atoms with Crippen LogP contribution in [0.25, 0.3) is 0 Å². The zero-order valence-electron chi connectivity index (χ0n) is 29.5. The maximum Gasteiger partial charge on any atom is 0.255 e. The Balaban J connectivity index is 0.000000401. The molecule has 2 aromatic carbocycles. The lowest BCUT2D eigenvalue weighted by Crippen LogP contribution is -2.65. The van der Waals surface area contributed by atoms with E-state index in [2.05, 4.69) is 72.0 Å². The summed E-state index contributed by atoms with van der Waals surface area (Å²) in [6.07, 6.45) is 1.65. The predicted octanol–water partition coefficient (Wildman–Crippen LogP) is 3.90. The fourth-order valence-electron chi connectivity index (χ4n) is 5.43. The molecule has 5 rings (SSSR count). The van der Waals surface area contributed by atoms with Gasteiger partial charge in [0.05, 0.1) is 32.8 Å². The number of aliphatic carboxylic acids is 1. The molecule has 1 saturated heterocycles. The van der Waals surface area contributed by atoms with Crippen molar-refractivity contribution in [1.29, 1.82) is 0 Å². The van der Waals surface area contributed by atoms with E-state index in [0.717, 1.165) is 27.7 Å². The van der Waals surface area contributed by atoms with Gasteiger partial charge in [-0.2, -0.15) is 0 Å². The lowest BCUT2D eigenvalue weighted by atomic mass is 9.78. The first-order valence-electron chi connectivity index (χ1n) is 15.8. The molecule has 48 heavy (non-hydrogen) atoms. The summed E-state index contributed by atoms with van der Waals surface area (Å²) in [7, 11) is 8.31.